The van der Waals surface area contributed by atoms with Crippen LogP contribution in [0.1, 0.15) is 15.9 Å². The maximum Gasteiger partial charge on any atom is 0.196 e. The van der Waals surface area contributed by atoms with Crippen LogP contribution in [0.4, 0.5) is 4.39 Å². The zero-order chi connectivity index (χ0) is 12.5. The van der Waals surface area contributed by atoms with E-state index in [1.165, 1.54) is 30.5 Å². The quantitative estimate of drug-likeness (QED) is 0.638. The maximum atomic E-state index is 12.8. The Morgan fingerprint density at radius 2 is 1.72 bits per heavy atom. The summed E-state index contributed by atoms with van der Waals surface area (Å²) in [6.45, 7) is 0. The van der Waals surface area contributed by atoms with Crippen LogP contribution >= 0.6 is 0 Å². The second-order valence-electron chi connectivity index (χ2n) is 3.98. The van der Waals surface area contributed by atoms with Crippen molar-refractivity contribution in [3.8, 4) is 0 Å². The number of carbonyl (C=O) groups is 1. The van der Waals surface area contributed by atoms with Crippen molar-refractivity contribution in [2.75, 3.05) is 0 Å². The van der Waals surface area contributed by atoms with Crippen molar-refractivity contribution in [2.45, 2.75) is 0 Å². The molecular weight excluding hydrogens is 231 g/mol. The van der Waals surface area contributed by atoms with E-state index in [0.29, 0.717) is 16.7 Å². The predicted molar refractivity (Wildman–Crippen MR) is 66.0 cm³/mol. The molecule has 0 aliphatic rings. The predicted octanol–water partition coefficient (Wildman–Crippen LogP) is 3.80. The van der Waals surface area contributed by atoms with E-state index < -0.39 is 0 Å². The lowest BCUT2D eigenvalue weighted by Crippen LogP contribution is -1.99. The molecular formula is C15H9FO2. The molecule has 88 valence electrons. The van der Waals surface area contributed by atoms with Crippen molar-refractivity contribution in [3.05, 3.63) is 71.7 Å². The van der Waals surface area contributed by atoms with Crippen LogP contribution in [0.5, 0.6) is 0 Å². The molecule has 0 aliphatic heterocycles. The summed E-state index contributed by atoms with van der Waals surface area (Å²) in [5.74, 6) is -0.524. The van der Waals surface area contributed by atoms with Crippen LogP contribution in [0.2, 0.25) is 0 Å². The summed E-state index contributed by atoms with van der Waals surface area (Å²) in [6, 6.07) is 12.8. The lowest BCUT2D eigenvalue weighted by Gasteiger charge is -1.98. The van der Waals surface area contributed by atoms with Gasteiger partial charge in [-0.25, -0.2) is 4.39 Å². The Bertz CT molecular complexity index is 711. The van der Waals surface area contributed by atoms with Gasteiger partial charge in [0, 0.05) is 10.9 Å². The lowest BCUT2D eigenvalue weighted by atomic mass is 10.0. The van der Waals surface area contributed by atoms with E-state index in [0.717, 1.165) is 5.39 Å². The molecule has 0 N–H and O–H groups in total. The Morgan fingerprint density at radius 1 is 1.00 bits per heavy atom. The van der Waals surface area contributed by atoms with E-state index in [9.17, 15) is 9.18 Å². The van der Waals surface area contributed by atoms with Gasteiger partial charge in [0.25, 0.3) is 0 Å². The fraction of sp³-hybridized carbons (Fsp3) is 0. The molecule has 2 nitrogen and oxygen atoms in total. The number of ketones is 1. The van der Waals surface area contributed by atoms with Gasteiger partial charge in [-0.2, -0.15) is 0 Å². The molecule has 0 saturated carbocycles. The molecule has 0 amide bonds. The summed E-state index contributed by atoms with van der Waals surface area (Å²) in [4.78, 5) is 12.3. The van der Waals surface area contributed by atoms with Gasteiger partial charge >= 0.3 is 0 Å². The summed E-state index contributed by atoms with van der Waals surface area (Å²) in [6.07, 6.45) is 1.44. The van der Waals surface area contributed by atoms with Crippen molar-refractivity contribution < 1.29 is 13.6 Å². The van der Waals surface area contributed by atoms with E-state index in [-0.39, 0.29) is 11.6 Å². The highest BCUT2D eigenvalue weighted by molar-refractivity contribution is 6.15. The maximum absolute atomic E-state index is 12.8. The van der Waals surface area contributed by atoms with E-state index in [1.54, 1.807) is 6.07 Å². The first kappa shape index (κ1) is 10.7. The minimum atomic E-state index is -0.358. The first-order chi connectivity index (χ1) is 8.75. The topological polar surface area (TPSA) is 30.2 Å². The second kappa shape index (κ2) is 4.11. The zero-order valence-electron chi connectivity index (χ0n) is 9.39. The van der Waals surface area contributed by atoms with Crippen LogP contribution in [0.3, 0.4) is 0 Å². The van der Waals surface area contributed by atoms with Crippen LogP contribution in [0.15, 0.2) is 59.2 Å². The molecule has 0 atom stereocenters. The first-order valence-electron chi connectivity index (χ1n) is 5.52. The summed E-state index contributed by atoms with van der Waals surface area (Å²) >= 11 is 0. The third kappa shape index (κ3) is 1.70. The number of rotatable bonds is 2. The Balaban J connectivity index is 2.09. The molecule has 1 heterocycles. The third-order valence-electron chi connectivity index (χ3n) is 2.83. The van der Waals surface area contributed by atoms with E-state index in [2.05, 4.69) is 0 Å². The Kier molecular flexibility index (Phi) is 2.45. The summed E-state index contributed by atoms with van der Waals surface area (Å²) in [5.41, 5.74) is 1.61. The minimum absolute atomic E-state index is 0.167. The fourth-order valence-electron chi connectivity index (χ4n) is 1.91. The highest BCUT2D eigenvalue weighted by Crippen LogP contribution is 2.23. The summed E-state index contributed by atoms with van der Waals surface area (Å²) in [7, 11) is 0. The highest BCUT2D eigenvalue weighted by atomic mass is 19.1. The molecule has 0 saturated heterocycles. The molecule has 0 unspecified atom stereocenters. The van der Waals surface area contributed by atoms with Crippen LogP contribution in [0.25, 0.3) is 11.0 Å². The van der Waals surface area contributed by atoms with Crippen molar-refractivity contribution in [1.29, 1.82) is 0 Å². The van der Waals surface area contributed by atoms with Gasteiger partial charge in [0.15, 0.2) is 5.78 Å². The minimum Gasteiger partial charge on any atom is -0.464 e. The van der Waals surface area contributed by atoms with Gasteiger partial charge in [0.2, 0.25) is 0 Å². The third-order valence-corrected chi connectivity index (χ3v) is 2.83. The SMILES string of the molecule is O=C(c1ccc(F)cc1)c1coc2ccccc12. The lowest BCUT2D eigenvalue weighted by molar-refractivity contribution is 0.103. The molecule has 1 aromatic heterocycles. The van der Waals surface area contributed by atoms with Gasteiger partial charge in [-0.15, -0.1) is 0 Å². The van der Waals surface area contributed by atoms with Crippen LogP contribution in [-0.4, -0.2) is 5.78 Å². The van der Waals surface area contributed by atoms with Gasteiger partial charge in [-0.05, 0) is 30.3 Å². The molecule has 0 spiro atoms. The largest absolute Gasteiger partial charge is 0.464 e. The normalized spacial score (nSPS) is 10.7. The van der Waals surface area contributed by atoms with Crippen LogP contribution < -0.4 is 0 Å². The number of para-hydroxylation sites is 1. The molecule has 3 rings (SSSR count). The summed E-state index contributed by atoms with van der Waals surface area (Å²) in [5, 5.41) is 0.770. The van der Waals surface area contributed by atoms with Crippen molar-refractivity contribution in [3.63, 3.8) is 0 Å². The molecule has 3 heteroatoms. The zero-order valence-corrected chi connectivity index (χ0v) is 9.39. The second-order valence-corrected chi connectivity index (χ2v) is 3.98. The number of hydrogen-bond donors (Lipinski definition) is 0. The van der Waals surface area contributed by atoms with Crippen LogP contribution in [-0.2, 0) is 0 Å². The van der Waals surface area contributed by atoms with Gasteiger partial charge in [-0.1, -0.05) is 18.2 Å². The smallest absolute Gasteiger partial charge is 0.196 e. The van der Waals surface area contributed by atoms with Gasteiger partial charge < -0.3 is 4.42 Å². The number of benzene rings is 2. The van der Waals surface area contributed by atoms with Gasteiger partial charge in [-0.3, -0.25) is 4.79 Å². The highest BCUT2D eigenvalue weighted by Gasteiger charge is 2.15. The molecule has 2 aromatic carbocycles. The average molecular weight is 240 g/mol. The first-order valence-corrected chi connectivity index (χ1v) is 5.52. The van der Waals surface area contributed by atoms with E-state index >= 15 is 0 Å². The number of hydrogen-bond acceptors (Lipinski definition) is 2. The van der Waals surface area contributed by atoms with Crippen molar-refractivity contribution >= 4 is 16.8 Å². The average Bonchev–Trinajstić information content (AvgIpc) is 2.82. The van der Waals surface area contributed by atoms with Crippen LogP contribution in [0, 0.1) is 5.82 Å². The van der Waals surface area contributed by atoms with Gasteiger partial charge in [0.1, 0.15) is 17.7 Å². The number of furan rings is 1. The summed E-state index contributed by atoms with van der Waals surface area (Å²) < 4.78 is 18.1. The number of carbonyl (C=O) groups excluding carboxylic acids is 1. The molecule has 0 radical (unpaired) electrons. The van der Waals surface area contributed by atoms with E-state index in [4.69, 9.17) is 4.42 Å². The van der Waals surface area contributed by atoms with Gasteiger partial charge in [0.05, 0.1) is 5.56 Å². The van der Waals surface area contributed by atoms with Crippen molar-refractivity contribution in [1.82, 2.24) is 0 Å². The Hall–Kier alpha value is -2.42. The molecule has 0 bridgehead atoms. The standard InChI is InChI=1S/C15H9FO2/c16-11-7-5-10(6-8-11)15(17)13-9-18-14-4-2-1-3-12(13)14/h1-9H. The van der Waals surface area contributed by atoms with Crippen molar-refractivity contribution in [2.24, 2.45) is 0 Å². The Labute approximate surface area is 103 Å². The Morgan fingerprint density at radius 3 is 2.50 bits per heavy atom. The molecule has 0 fully saturated rings. The number of fused-ring (bicyclic) bond motifs is 1. The molecule has 0 aliphatic carbocycles. The molecule has 3 aromatic rings. The fourth-order valence-corrected chi connectivity index (χ4v) is 1.91. The molecule has 18 heavy (non-hydrogen) atoms. The monoisotopic (exact) mass is 240 g/mol. The van der Waals surface area contributed by atoms with E-state index in [1.807, 2.05) is 18.2 Å². The number of halogens is 1.